The quantitative estimate of drug-likeness (QED) is 0.793. The van der Waals surface area contributed by atoms with Gasteiger partial charge in [-0.1, -0.05) is 6.07 Å². The number of halogens is 3. The SMILES string of the molecule is COC(=O)c1nc(-c2cccc(C(F)(F)F)c2)oc1C. The van der Waals surface area contributed by atoms with Gasteiger partial charge in [0.1, 0.15) is 5.76 Å². The summed E-state index contributed by atoms with van der Waals surface area (Å²) in [6.45, 7) is 1.48. The third-order valence-electron chi connectivity index (χ3n) is 2.61. The monoisotopic (exact) mass is 285 g/mol. The first-order chi connectivity index (χ1) is 9.32. The van der Waals surface area contributed by atoms with Gasteiger partial charge >= 0.3 is 12.1 Å². The summed E-state index contributed by atoms with van der Waals surface area (Å²) in [7, 11) is 1.18. The molecule has 1 heterocycles. The van der Waals surface area contributed by atoms with Crippen LogP contribution in [0.4, 0.5) is 13.2 Å². The topological polar surface area (TPSA) is 52.3 Å². The van der Waals surface area contributed by atoms with E-state index in [1.807, 2.05) is 0 Å². The summed E-state index contributed by atoms with van der Waals surface area (Å²) < 4.78 is 47.6. The average molecular weight is 285 g/mol. The lowest BCUT2D eigenvalue weighted by Gasteiger charge is -2.06. The van der Waals surface area contributed by atoms with Crippen molar-refractivity contribution in [3.63, 3.8) is 0 Å². The van der Waals surface area contributed by atoms with E-state index in [4.69, 9.17) is 4.42 Å². The second-order valence-electron chi connectivity index (χ2n) is 3.99. The lowest BCUT2D eigenvalue weighted by atomic mass is 10.1. The van der Waals surface area contributed by atoms with Crippen molar-refractivity contribution in [2.45, 2.75) is 13.1 Å². The number of nitrogens with zero attached hydrogens (tertiary/aromatic N) is 1. The van der Waals surface area contributed by atoms with Crippen LogP contribution in [0.2, 0.25) is 0 Å². The van der Waals surface area contributed by atoms with E-state index in [1.165, 1.54) is 26.2 Å². The number of hydrogen-bond donors (Lipinski definition) is 0. The smallest absolute Gasteiger partial charge is 0.416 e. The van der Waals surface area contributed by atoms with Crippen molar-refractivity contribution in [2.75, 3.05) is 7.11 Å². The largest absolute Gasteiger partial charge is 0.464 e. The van der Waals surface area contributed by atoms with Crippen LogP contribution in [-0.2, 0) is 10.9 Å². The molecule has 0 aliphatic heterocycles. The zero-order valence-electron chi connectivity index (χ0n) is 10.6. The molecule has 0 fully saturated rings. The van der Waals surface area contributed by atoms with Crippen LogP contribution in [0.1, 0.15) is 21.8 Å². The van der Waals surface area contributed by atoms with E-state index in [-0.39, 0.29) is 22.9 Å². The van der Waals surface area contributed by atoms with Crippen molar-refractivity contribution < 1.29 is 27.1 Å². The van der Waals surface area contributed by atoms with Gasteiger partial charge in [0.15, 0.2) is 5.69 Å². The lowest BCUT2D eigenvalue weighted by Crippen LogP contribution is -2.04. The molecule has 0 radical (unpaired) electrons. The van der Waals surface area contributed by atoms with Gasteiger partial charge in [-0.25, -0.2) is 9.78 Å². The Hall–Kier alpha value is -2.31. The number of carbonyl (C=O) groups excluding carboxylic acids is 1. The van der Waals surface area contributed by atoms with Crippen molar-refractivity contribution in [1.82, 2.24) is 4.98 Å². The van der Waals surface area contributed by atoms with E-state index in [0.717, 1.165) is 12.1 Å². The third kappa shape index (κ3) is 2.66. The van der Waals surface area contributed by atoms with Gasteiger partial charge in [-0.05, 0) is 25.1 Å². The molecule has 2 aromatic rings. The normalized spacial score (nSPS) is 11.4. The van der Waals surface area contributed by atoms with Crippen molar-refractivity contribution in [3.05, 3.63) is 41.3 Å². The molecule has 0 aliphatic carbocycles. The highest BCUT2D eigenvalue weighted by Gasteiger charge is 2.31. The zero-order valence-corrected chi connectivity index (χ0v) is 10.6. The molecule has 0 saturated heterocycles. The molecule has 0 bridgehead atoms. The molecule has 1 aromatic carbocycles. The molecule has 20 heavy (non-hydrogen) atoms. The minimum atomic E-state index is -4.46. The maximum atomic E-state index is 12.6. The number of benzene rings is 1. The summed E-state index contributed by atoms with van der Waals surface area (Å²) in [4.78, 5) is 15.2. The van der Waals surface area contributed by atoms with Crippen LogP contribution in [0, 0.1) is 6.92 Å². The summed E-state index contributed by atoms with van der Waals surface area (Å²) >= 11 is 0. The molecule has 0 unspecified atom stereocenters. The van der Waals surface area contributed by atoms with E-state index in [2.05, 4.69) is 9.72 Å². The fourth-order valence-corrected chi connectivity index (χ4v) is 1.63. The maximum Gasteiger partial charge on any atom is 0.416 e. The highest BCUT2D eigenvalue weighted by atomic mass is 19.4. The zero-order chi connectivity index (χ0) is 14.9. The van der Waals surface area contributed by atoms with Crippen LogP contribution in [0.5, 0.6) is 0 Å². The van der Waals surface area contributed by atoms with Crippen molar-refractivity contribution in [1.29, 1.82) is 0 Å². The molecule has 0 spiro atoms. The second-order valence-corrected chi connectivity index (χ2v) is 3.99. The summed E-state index contributed by atoms with van der Waals surface area (Å²) in [5.41, 5.74) is -0.733. The molecule has 2 rings (SSSR count). The Morgan fingerprint density at radius 1 is 1.35 bits per heavy atom. The van der Waals surface area contributed by atoms with Gasteiger partial charge in [-0.3, -0.25) is 0 Å². The second kappa shape index (κ2) is 4.99. The molecule has 0 N–H and O–H groups in total. The predicted molar refractivity (Wildman–Crippen MR) is 63.0 cm³/mol. The van der Waals surface area contributed by atoms with Gasteiger partial charge in [0.2, 0.25) is 5.89 Å². The Labute approximate surface area is 112 Å². The van der Waals surface area contributed by atoms with Crippen LogP contribution in [-0.4, -0.2) is 18.1 Å². The predicted octanol–water partition coefficient (Wildman–Crippen LogP) is 3.46. The molecular weight excluding hydrogens is 275 g/mol. The number of alkyl halides is 3. The van der Waals surface area contributed by atoms with E-state index in [0.29, 0.717) is 0 Å². The number of oxazole rings is 1. The summed E-state index contributed by atoms with van der Waals surface area (Å²) in [6, 6.07) is 4.52. The minimum absolute atomic E-state index is 0.0556. The standard InChI is InChI=1S/C13H10F3NO3/c1-7-10(12(18)19-2)17-11(20-7)8-4-3-5-9(6-8)13(14,15)16/h3-6H,1-2H3. The Bertz CT molecular complexity index is 647. The van der Waals surface area contributed by atoms with Crippen LogP contribution in [0.25, 0.3) is 11.5 Å². The van der Waals surface area contributed by atoms with Gasteiger partial charge in [0.05, 0.1) is 12.7 Å². The first kappa shape index (κ1) is 14.1. The van der Waals surface area contributed by atoms with Crippen LogP contribution < -0.4 is 0 Å². The number of ether oxygens (including phenoxy) is 1. The van der Waals surface area contributed by atoms with Crippen molar-refractivity contribution in [2.24, 2.45) is 0 Å². The number of esters is 1. The highest BCUT2D eigenvalue weighted by molar-refractivity contribution is 5.88. The Balaban J connectivity index is 2.45. The number of aryl methyl sites for hydroxylation is 1. The molecule has 0 aliphatic rings. The van der Waals surface area contributed by atoms with Crippen LogP contribution >= 0.6 is 0 Å². The summed E-state index contributed by atoms with van der Waals surface area (Å²) in [5.74, 6) is -0.581. The van der Waals surface area contributed by atoms with Gasteiger partial charge in [-0.2, -0.15) is 13.2 Å². The van der Waals surface area contributed by atoms with Gasteiger partial charge in [0, 0.05) is 5.56 Å². The number of hydrogen-bond acceptors (Lipinski definition) is 4. The van der Waals surface area contributed by atoms with Crippen molar-refractivity contribution >= 4 is 5.97 Å². The van der Waals surface area contributed by atoms with E-state index in [9.17, 15) is 18.0 Å². The Kier molecular flexibility index (Phi) is 3.52. The number of carbonyl (C=O) groups is 1. The molecule has 1 aromatic heterocycles. The lowest BCUT2D eigenvalue weighted by molar-refractivity contribution is -0.137. The molecule has 0 atom stereocenters. The highest BCUT2D eigenvalue weighted by Crippen LogP contribution is 2.32. The third-order valence-corrected chi connectivity index (χ3v) is 2.61. The molecule has 0 saturated carbocycles. The summed E-state index contributed by atoms with van der Waals surface area (Å²) in [5, 5.41) is 0. The molecular formula is C13H10F3NO3. The fourth-order valence-electron chi connectivity index (χ4n) is 1.63. The van der Waals surface area contributed by atoms with Crippen LogP contribution in [0.15, 0.2) is 28.7 Å². The molecule has 7 heteroatoms. The number of aromatic nitrogens is 1. The molecule has 0 amide bonds. The molecule has 106 valence electrons. The Morgan fingerprint density at radius 3 is 2.65 bits per heavy atom. The van der Waals surface area contributed by atoms with E-state index < -0.39 is 17.7 Å². The summed E-state index contributed by atoms with van der Waals surface area (Å²) in [6.07, 6.45) is -4.46. The first-order valence-electron chi connectivity index (χ1n) is 5.56. The first-order valence-corrected chi connectivity index (χ1v) is 5.56. The molecule has 4 nitrogen and oxygen atoms in total. The van der Waals surface area contributed by atoms with Crippen LogP contribution in [0.3, 0.4) is 0 Å². The van der Waals surface area contributed by atoms with Gasteiger partial charge in [0.25, 0.3) is 0 Å². The minimum Gasteiger partial charge on any atom is -0.464 e. The number of methoxy groups -OCH3 is 1. The Morgan fingerprint density at radius 2 is 2.05 bits per heavy atom. The van der Waals surface area contributed by atoms with Gasteiger partial charge in [-0.15, -0.1) is 0 Å². The van der Waals surface area contributed by atoms with Gasteiger partial charge < -0.3 is 9.15 Å². The van der Waals surface area contributed by atoms with E-state index >= 15 is 0 Å². The van der Waals surface area contributed by atoms with E-state index in [1.54, 1.807) is 0 Å². The average Bonchev–Trinajstić information content (AvgIpc) is 2.79. The van der Waals surface area contributed by atoms with Crippen molar-refractivity contribution in [3.8, 4) is 11.5 Å². The fraction of sp³-hybridized carbons (Fsp3) is 0.231. The number of rotatable bonds is 2. The maximum absolute atomic E-state index is 12.6.